The minimum atomic E-state index is 0.193. The predicted octanol–water partition coefficient (Wildman–Crippen LogP) is 9.97. The summed E-state index contributed by atoms with van der Waals surface area (Å²) in [4.78, 5) is 0. The molecular weight excluding hydrogens is 420 g/mol. The molecule has 0 aliphatic heterocycles. The Bertz CT molecular complexity index is 1350. The van der Waals surface area contributed by atoms with Crippen LogP contribution in [0.25, 0.3) is 33.4 Å². The van der Waals surface area contributed by atoms with Crippen LogP contribution in [0, 0.1) is 0 Å². The van der Waals surface area contributed by atoms with Gasteiger partial charge in [0.1, 0.15) is 0 Å². The van der Waals surface area contributed by atoms with Gasteiger partial charge in [-0.1, -0.05) is 126 Å². The fraction of sp³-hybridized carbons (Fsp3) is 0.314. The molecule has 0 radical (unpaired) electrons. The Kier molecular flexibility index (Phi) is 5.96. The van der Waals surface area contributed by atoms with Crippen LogP contribution in [-0.2, 0) is 17.3 Å². The predicted molar refractivity (Wildman–Crippen MR) is 152 cm³/mol. The summed E-state index contributed by atoms with van der Waals surface area (Å²) in [6, 6.07) is 32.3. The van der Waals surface area contributed by atoms with Gasteiger partial charge in [-0.3, -0.25) is 0 Å². The molecule has 0 fully saturated rings. The van der Waals surface area contributed by atoms with Crippen LogP contribution < -0.4 is 0 Å². The number of fused-ring (bicyclic) bond motifs is 3. The summed E-state index contributed by atoms with van der Waals surface area (Å²) in [5.41, 5.74) is 14.2. The summed E-state index contributed by atoms with van der Waals surface area (Å²) in [7, 11) is 0. The van der Waals surface area contributed by atoms with E-state index in [0.717, 1.165) is 19.3 Å². The first-order chi connectivity index (χ1) is 16.7. The summed E-state index contributed by atoms with van der Waals surface area (Å²) in [5, 5.41) is 0. The topological polar surface area (TPSA) is 0 Å². The van der Waals surface area contributed by atoms with E-state index in [9.17, 15) is 0 Å². The zero-order chi connectivity index (χ0) is 24.8. The van der Waals surface area contributed by atoms with Gasteiger partial charge in [0, 0.05) is 0 Å². The van der Waals surface area contributed by atoms with E-state index in [1.807, 2.05) is 0 Å². The fourth-order valence-electron chi connectivity index (χ4n) is 5.38. The zero-order valence-electron chi connectivity index (χ0n) is 22.2. The average Bonchev–Trinajstić information content (AvgIpc) is 3.27. The lowest BCUT2D eigenvalue weighted by molar-refractivity contribution is 0.506. The molecular formula is C35H38. The van der Waals surface area contributed by atoms with E-state index in [0.29, 0.717) is 0 Å². The lowest BCUT2D eigenvalue weighted by Gasteiger charge is -2.25. The molecule has 0 unspecified atom stereocenters. The summed E-state index contributed by atoms with van der Waals surface area (Å²) >= 11 is 0. The maximum absolute atomic E-state index is 2.35. The third kappa shape index (κ3) is 4.14. The second-order valence-corrected chi connectivity index (χ2v) is 11.5. The van der Waals surface area contributed by atoms with E-state index < -0.39 is 0 Å². The largest absolute Gasteiger partial charge is 0.0646 e. The highest BCUT2D eigenvalue weighted by Crippen LogP contribution is 2.46. The molecule has 0 heterocycles. The maximum Gasteiger partial charge on any atom is -0.000706 e. The molecule has 0 amide bonds. The van der Waals surface area contributed by atoms with Gasteiger partial charge in [0.25, 0.3) is 0 Å². The molecule has 35 heavy (non-hydrogen) atoms. The monoisotopic (exact) mass is 458 g/mol. The smallest absolute Gasteiger partial charge is 0.000706 e. The Hall–Kier alpha value is -3.12. The second kappa shape index (κ2) is 8.83. The molecule has 1 aliphatic carbocycles. The van der Waals surface area contributed by atoms with Crippen LogP contribution in [0.15, 0.2) is 84.9 Å². The highest BCUT2D eigenvalue weighted by Gasteiger charge is 2.25. The summed E-state index contributed by atoms with van der Waals surface area (Å²) in [6.07, 6.45) is 3.26. The molecule has 0 aromatic heterocycles. The molecule has 1 aliphatic rings. The van der Waals surface area contributed by atoms with Crippen LogP contribution in [0.2, 0.25) is 0 Å². The van der Waals surface area contributed by atoms with E-state index in [-0.39, 0.29) is 10.8 Å². The molecule has 178 valence electrons. The van der Waals surface area contributed by atoms with Gasteiger partial charge in [-0.15, -0.1) is 0 Å². The van der Waals surface area contributed by atoms with E-state index in [1.54, 1.807) is 0 Å². The van der Waals surface area contributed by atoms with Crippen molar-refractivity contribution in [1.29, 1.82) is 0 Å². The van der Waals surface area contributed by atoms with Crippen molar-refractivity contribution in [3.63, 3.8) is 0 Å². The number of hydrogen-bond donors (Lipinski definition) is 0. The van der Waals surface area contributed by atoms with Crippen molar-refractivity contribution in [1.82, 2.24) is 0 Å². The van der Waals surface area contributed by atoms with Crippen molar-refractivity contribution in [2.24, 2.45) is 0 Å². The average molecular weight is 459 g/mol. The van der Waals surface area contributed by atoms with Gasteiger partial charge in [-0.05, 0) is 85.7 Å². The molecule has 0 bridgehead atoms. The number of benzene rings is 4. The van der Waals surface area contributed by atoms with Crippen molar-refractivity contribution >= 4 is 0 Å². The van der Waals surface area contributed by atoms with E-state index in [4.69, 9.17) is 0 Å². The van der Waals surface area contributed by atoms with Crippen molar-refractivity contribution in [2.75, 3.05) is 0 Å². The second-order valence-electron chi connectivity index (χ2n) is 11.5. The Labute approximate surface area is 212 Å². The van der Waals surface area contributed by atoms with Gasteiger partial charge in [-0.2, -0.15) is 0 Å². The van der Waals surface area contributed by atoms with Crippen LogP contribution in [0.1, 0.15) is 76.6 Å². The highest BCUT2D eigenvalue weighted by molar-refractivity contribution is 5.93. The molecule has 0 saturated carbocycles. The first-order valence-electron chi connectivity index (χ1n) is 13.2. The standard InChI is InChI=1S/C35H38/c1-7-34(3,4)27-17-13-24(14-18-27)30-21-22-31-29-12-10-9-11-26(29)23-32(31)33(30)25-15-19-28(20-16-25)35(5,6)8-2/h9-22H,7-8,23H2,1-6H3. The summed E-state index contributed by atoms with van der Waals surface area (Å²) < 4.78 is 0. The highest BCUT2D eigenvalue weighted by atomic mass is 14.3. The van der Waals surface area contributed by atoms with Gasteiger partial charge in [0.2, 0.25) is 0 Å². The van der Waals surface area contributed by atoms with Crippen LogP contribution in [-0.4, -0.2) is 0 Å². The van der Waals surface area contributed by atoms with Crippen LogP contribution in [0.3, 0.4) is 0 Å². The van der Waals surface area contributed by atoms with Gasteiger partial charge in [-0.25, -0.2) is 0 Å². The Morgan fingerprint density at radius 3 is 1.63 bits per heavy atom. The third-order valence-electron chi connectivity index (χ3n) is 8.69. The van der Waals surface area contributed by atoms with Gasteiger partial charge < -0.3 is 0 Å². The lowest BCUT2D eigenvalue weighted by atomic mass is 9.80. The van der Waals surface area contributed by atoms with E-state index in [1.165, 1.54) is 55.6 Å². The Morgan fingerprint density at radius 2 is 1.06 bits per heavy atom. The minimum absolute atomic E-state index is 0.193. The number of rotatable bonds is 6. The number of hydrogen-bond acceptors (Lipinski definition) is 0. The zero-order valence-corrected chi connectivity index (χ0v) is 22.2. The lowest BCUT2D eigenvalue weighted by Crippen LogP contribution is -2.15. The van der Waals surface area contributed by atoms with Crippen molar-refractivity contribution in [3.05, 3.63) is 107 Å². The first kappa shape index (κ1) is 23.6. The van der Waals surface area contributed by atoms with Crippen molar-refractivity contribution in [2.45, 2.75) is 71.6 Å². The molecule has 4 aromatic rings. The Balaban J connectivity index is 1.67. The summed E-state index contributed by atoms with van der Waals surface area (Å²) in [5.74, 6) is 0. The van der Waals surface area contributed by atoms with Crippen LogP contribution in [0.5, 0.6) is 0 Å². The molecule has 4 aromatic carbocycles. The normalized spacial score (nSPS) is 13.0. The molecule has 0 nitrogen and oxygen atoms in total. The molecule has 0 spiro atoms. The molecule has 0 N–H and O–H groups in total. The Morgan fingerprint density at radius 1 is 0.543 bits per heavy atom. The molecule has 5 rings (SSSR count). The third-order valence-corrected chi connectivity index (χ3v) is 8.69. The maximum atomic E-state index is 2.35. The molecule has 0 heteroatoms. The van der Waals surface area contributed by atoms with E-state index >= 15 is 0 Å². The quantitative estimate of drug-likeness (QED) is 0.237. The minimum Gasteiger partial charge on any atom is -0.0646 e. The van der Waals surface area contributed by atoms with Gasteiger partial charge in [0.05, 0.1) is 0 Å². The van der Waals surface area contributed by atoms with Crippen molar-refractivity contribution in [3.8, 4) is 33.4 Å². The van der Waals surface area contributed by atoms with Gasteiger partial charge in [0.15, 0.2) is 0 Å². The van der Waals surface area contributed by atoms with Gasteiger partial charge >= 0.3 is 0 Å². The fourth-order valence-corrected chi connectivity index (χ4v) is 5.38. The van der Waals surface area contributed by atoms with Crippen LogP contribution in [0.4, 0.5) is 0 Å². The molecule has 0 atom stereocenters. The SMILES string of the molecule is CCC(C)(C)c1ccc(-c2ccc3c(c2-c2ccc(C(C)(C)CC)cc2)Cc2ccccc2-3)cc1. The first-order valence-corrected chi connectivity index (χ1v) is 13.2. The van der Waals surface area contributed by atoms with E-state index in [2.05, 4.69) is 126 Å². The summed E-state index contributed by atoms with van der Waals surface area (Å²) in [6.45, 7) is 13.9. The molecule has 0 saturated heterocycles. The van der Waals surface area contributed by atoms with Crippen LogP contribution >= 0.6 is 0 Å². The van der Waals surface area contributed by atoms with Crippen molar-refractivity contribution < 1.29 is 0 Å².